The van der Waals surface area contributed by atoms with E-state index in [0.29, 0.717) is 0 Å². The van der Waals surface area contributed by atoms with Gasteiger partial charge in [-0.3, -0.25) is 4.99 Å². The third-order valence-electron chi connectivity index (χ3n) is 3.88. The van der Waals surface area contributed by atoms with E-state index in [1.807, 2.05) is 0 Å². The van der Waals surface area contributed by atoms with Crippen LogP contribution in [0.15, 0.2) is 35.3 Å². The molecular formula is C14H18N2. The van der Waals surface area contributed by atoms with Gasteiger partial charge in [-0.25, -0.2) is 0 Å². The predicted octanol–water partition coefficient (Wildman–Crippen LogP) is 2.50. The minimum Gasteiger partial charge on any atom is -0.373 e. The molecule has 1 unspecified atom stereocenters. The molecule has 1 fully saturated rings. The van der Waals surface area contributed by atoms with Crippen molar-refractivity contribution in [1.29, 1.82) is 0 Å². The number of amidine groups is 1. The summed E-state index contributed by atoms with van der Waals surface area (Å²) in [7, 11) is 0. The summed E-state index contributed by atoms with van der Waals surface area (Å²) >= 11 is 0. The van der Waals surface area contributed by atoms with Crippen molar-refractivity contribution < 1.29 is 0 Å². The molecule has 0 radical (unpaired) electrons. The molecule has 16 heavy (non-hydrogen) atoms. The van der Waals surface area contributed by atoms with Crippen molar-refractivity contribution >= 4 is 5.84 Å². The number of benzene rings is 1. The molecule has 2 heterocycles. The van der Waals surface area contributed by atoms with E-state index in [2.05, 4.69) is 35.6 Å². The number of nitrogens with zero attached hydrogens (tertiary/aromatic N) is 1. The molecule has 84 valence electrons. The molecule has 2 aliphatic heterocycles. The van der Waals surface area contributed by atoms with Crippen LogP contribution in [-0.2, 0) is 5.41 Å². The van der Waals surface area contributed by atoms with E-state index in [0.717, 1.165) is 13.1 Å². The van der Waals surface area contributed by atoms with Gasteiger partial charge in [-0.15, -0.1) is 0 Å². The summed E-state index contributed by atoms with van der Waals surface area (Å²) in [6.07, 6.45) is 4.99. The molecule has 1 saturated heterocycles. The number of nitrogens with one attached hydrogen (secondary N) is 1. The Kier molecular flexibility index (Phi) is 2.43. The molecule has 2 aliphatic rings. The third-order valence-corrected chi connectivity index (χ3v) is 3.88. The van der Waals surface area contributed by atoms with E-state index in [-0.39, 0.29) is 5.41 Å². The number of rotatable bonds is 1. The van der Waals surface area contributed by atoms with Gasteiger partial charge in [0.1, 0.15) is 5.84 Å². The predicted molar refractivity (Wildman–Crippen MR) is 66.9 cm³/mol. The largest absolute Gasteiger partial charge is 0.373 e. The maximum Gasteiger partial charge on any atom is 0.107 e. The molecule has 0 spiro atoms. The summed E-state index contributed by atoms with van der Waals surface area (Å²) in [5.41, 5.74) is 1.65. The molecule has 1 aromatic carbocycles. The first kappa shape index (κ1) is 9.88. The second-order valence-electron chi connectivity index (χ2n) is 4.81. The van der Waals surface area contributed by atoms with Crippen LogP contribution in [0.3, 0.4) is 0 Å². The van der Waals surface area contributed by atoms with Crippen molar-refractivity contribution in [3.8, 4) is 0 Å². The van der Waals surface area contributed by atoms with Crippen LogP contribution in [0.4, 0.5) is 0 Å². The Labute approximate surface area is 96.8 Å². The van der Waals surface area contributed by atoms with Crippen LogP contribution in [0.2, 0.25) is 0 Å². The van der Waals surface area contributed by atoms with Crippen LogP contribution in [0.5, 0.6) is 0 Å². The van der Waals surface area contributed by atoms with Crippen LogP contribution < -0.4 is 5.32 Å². The van der Waals surface area contributed by atoms with Gasteiger partial charge in [0.15, 0.2) is 0 Å². The highest BCUT2D eigenvalue weighted by Crippen LogP contribution is 2.39. The van der Waals surface area contributed by atoms with Crippen LogP contribution in [0.1, 0.15) is 31.2 Å². The third kappa shape index (κ3) is 1.44. The van der Waals surface area contributed by atoms with Gasteiger partial charge < -0.3 is 5.32 Å². The standard InChI is InChI=1S/C14H18N2/c1-2-6-12(7-3-1)14-8-4-10-15-13(14)16-11-5-9-14/h1-3,6-7H,4-5,8-11H2,(H,15,16). The topological polar surface area (TPSA) is 24.4 Å². The van der Waals surface area contributed by atoms with E-state index < -0.39 is 0 Å². The Hall–Kier alpha value is -1.31. The first-order valence-corrected chi connectivity index (χ1v) is 6.26. The Balaban J connectivity index is 2.06. The number of hydrogen-bond donors (Lipinski definition) is 1. The van der Waals surface area contributed by atoms with Gasteiger partial charge in [0.2, 0.25) is 0 Å². The fraction of sp³-hybridized carbons (Fsp3) is 0.500. The monoisotopic (exact) mass is 214 g/mol. The van der Waals surface area contributed by atoms with Gasteiger partial charge in [-0.1, -0.05) is 30.3 Å². The smallest absolute Gasteiger partial charge is 0.107 e. The van der Waals surface area contributed by atoms with Crippen molar-refractivity contribution in [2.45, 2.75) is 31.1 Å². The van der Waals surface area contributed by atoms with E-state index in [1.54, 1.807) is 0 Å². The van der Waals surface area contributed by atoms with Crippen molar-refractivity contribution in [2.75, 3.05) is 13.1 Å². The van der Waals surface area contributed by atoms with Crippen molar-refractivity contribution in [1.82, 2.24) is 5.32 Å². The highest BCUT2D eigenvalue weighted by molar-refractivity contribution is 5.94. The Morgan fingerprint density at radius 1 is 1.06 bits per heavy atom. The molecular weight excluding hydrogens is 196 g/mol. The van der Waals surface area contributed by atoms with Crippen molar-refractivity contribution in [3.63, 3.8) is 0 Å². The Bertz CT molecular complexity index is 396. The maximum absolute atomic E-state index is 4.71. The van der Waals surface area contributed by atoms with Gasteiger partial charge in [0.25, 0.3) is 0 Å². The summed E-state index contributed by atoms with van der Waals surface area (Å²) in [5, 5.41) is 3.51. The molecule has 2 nitrogen and oxygen atoms in total. The summed E-state index contributed by atoms with van der Waals surface area (Å²) in [6.45, 7) is 2.09. The quantitative estimate of drug-likeness (QED) is 0.763. The Morgan fingerprint density at radius 2 is 1.88 bits per heavy atom. The molecule has 1 aromatic rings. The molecule has 0 aliphatic carbocycles. The minimum atomic E-state index is 0.206. The van der Waals surface area contributed by atoms with Gasteiger partial charge >= 0.3 is 0 Å². The normalized spacial score (nSPS) is 28.9. The average molecular weight is 214 g/mol. The summed E-state index contributed by atoms with van der Waals surface area (Å²) in [6, 6.07) is 10.9. The molecule has 2 heteroatoms. The molecule has 1 N–H and O–H groups in total. The van der Waals surface area contributed by atoms with E-state index >= 15 is 0 Å². The summed E-state index contributed by atoms with van der Waals surface area (Å²) < 4.78 is 0. The van der Waals surface area contributed by atoms with Gasteiger partial charge in [-0.05, 0) is 31.2 Å². The van der Waals surface area contributed by atoms with E-state index in [1.165, 1.54) is 37.1 Å². The van der Waals surface area contributed by atoms with E-state index in [4.69, 9.17) is 4.99 Å². The van der Waals surface area contributed by atoms with Crippen LogP contribution in [0.25, 0.3) is 0 Å². The summed E-state index contributed by atoms with van der Waals surface area (Å²) in [5.74, 6) is 1.25. The lowest BCUT2D eigenvalue weighted by molar-refractivity contribution is 0.398. The first-order valence-electron chi connectivity index (χ1n) is 6.26. The highest BCUT2D eigenvalue weighted by Gasteiger charge is 2.40. The zero-order valence-electron chi connectivity index (χ0n) is 9.58. The fourth-order valence-electron chi connectivity index (χ4n) is 3.09. The number of hydrogen-bond acceptors (Lipinski definition) is 2. The maximum atomic E-state index is 4.71. The van der Waals surface area contributed by atoms with Crippen molar-refractivity contribution in [2.24, 2.45) is 4.99 Å². The molecule has 1 atom stereocenters. The first-order chi connectivity index (χ1) is 7.92. The lowest BCUT2D eigenvalue weighted by Gasteiger charge is -2.42. The summed E-state index contributed by atoms with van der Waals surface area (Å²) in [4.78, 5) is 4.71. The van der Waals surface area contributed by atoms with Gasteiger partial charge in [0, 0.05) is 13.1 Å². The minimum absolute atomic E-state index is 0.206. The zero-order chi connectivity index (χ0) is 10.8. The van der Waals surface area contributed by atoms with Crippen LogP contribution >= 0.6 is 0 Å². The molecule has 0 aromatic heterocycles. The number of aliphatic imine (C=N–C) groups is 1. The second kappa shape index (κ2) is 3.93. The van der Waals surface area contributed by atoms with Gasteiger partial charge in [0.05, 0.1) is 5.41 Å². The lowest BCUT2D eigenvalue weighted by Crippen LogP contribution is -2.50. The second-order valence-corrected chi connectivity index (χ2v) is 4.81. The number of fused-ring (bicyclic) bond motifs is 1. The fourth-order valence-corrected chi connectivity index (χ4v) is 3.09. The highest BCUT2D eigenvalue weighted by atomic mass is 15.0. The van der Waals surface area contributed by atoms with E-state index in [9.17, 15) is 0 Å². The molecule has 0 amide bonds. The average Bonchev–Trinajstić information content (AvgIpc) is 2.40. The molecule has 0 saturated carbocycles. The Morgan fingerprint density at radius 3 is 2.75 bits per heavy atom. The van der Waals surface area contributed by atoms with Crippen molar-refractivity contribution in [3.05, 3.63) is 35.9 Å². The van der Waals surface area contributed by atoms with Crippen LogP contribution in [0, 0.1) is 0 Å². The van der Waals surface area contributed by atoms with Gasteiger partial charge in [-0.2, -0.15) is 0 Å². The SMILES string of the molecule is c1ccc(C23CCCN=C2NCCC3)cc1. The van der Waals surface area contributed by atoms with Crippen LogP contribution in [-0.4, -0.2) is 18.9 Å². The molecule has 3 rings (SSSR count). The molecule has 0 bridgehead atoms. The number of piperidine rings is 1. The lowest BCUT2D eigenvalue weighted by atomic mass is 9.69. The zero-order valence-corrected chi connectivity index (χ0v) is 9.58.